The average molecular weight is 204 g/mol. The van der Waals surface area contributed by atoms with Gasteiger partial charge in [0, 0.05) is 23.8 Å². The second-order valence-corrected chi connectivity index (χ2v) is 4.10. The number of rotatable bonds is 2. The molecule has 15 heavy (non-hydrogen) atoms. The van der Waals surface area contributed by atoms with Crippen LogP contribution in [0.2, 0.25) is 0 Å². The first-order valence-corrected chi connectivity index (χ1v) is 5.35. The number of hydrogen-bond acceptors (Lipinski definition) is 2. The molecule has 0 saturated carbocycles. The summed E-state index contributed by atoms with van der Waals surface area (Å²) in [6.07, 6.45) is 2.50. The molecule has 1 aromatic carbocycles. The number of carbonyl (C=O) groups is 1. The second kappa shape index (κ2) is 3.93. The molecule has 0 aliphatic carbocycles. The maximum atomic E-state index is 10.9. The first-order valence-electron chi connectivity index (χ1n) is 5.35. The van der Waals surface area contributed by atoms with Crippen LogP contribution in [0.15, 0.2) is 24.3 Å². The molecule has 1 atom stereocenters. The van der Waals surface area contributed by atoms with E-state index in [2.05, 4.69) is 11.8 Å². The molecule has 3 nitrogen and oxygen atoms in total. The minimum absolute atomic E-state index is 0.365. The van der Waals surface area contributed by atoms with E-state index in [1.165, 1.54) is 18.5 Å². The van der Waals surface area contributed by atoms with E-state index in [1.807, 2.05) is 12.1 Å². The van der Waals surface area contributed by atoms with Crippen molar-refractivity contribution in [2.24, 2.45) is 5.73 Å². The second-order valence-electron chi connectivity index (χ2n) is 4.10. The summed E-state index contributed by atoms with van der Waals surface area (Å²) in [5, 5.41) is 0. The zero-order chi connectivity index (χ0) is 10.8. The molecule has 1 aliphatic rings. The smallest absolute Gasteiger partial charge is 0.248 e. The van der Waals surface area contributed by atoms with Gasteiger partial charge in [0.15, 0.2) is 0 Å². The fraction of sp³-hybridized carbons (Fsp3) is 0.417. The van der Waals surface area contributed by atoms with E-state index in [1.54, 1.807) is 12.1 Å². The lowest BCUT2D eigenvalue weighted by Gasteiger charge is -2.23. The van der Waals surface area contributed by atoms with E-state index >= 15 is 0 Å². The quantitative estimate of drug-likeness (QED) is 0.798. The van der Waals surface area contributed by atoms with Crippen LogP contribution in [0.1, 0.15) is 30.1 Å². The number of anilines is 1. The van der Waals surface area contributed by atoms with Gasteiger partial charge in [-0.2, -0.15) is 0 Å². The number of nitrogens with zero attached hydrogens (tertiary/aromatic N) is 1. The molecule has 0 spiro atoms. The Balaban J connectivity index is 2.19. The summed E-state index contributed by atoms with van der Waals surface area (Å²) in [7, 11) is 0. The highest BCUT2D eigenvalue weighted by atomic mass is 16.1. The molecule has 80 valence electrons. The molecule has 1 aliphatic heterocycles. The molecule has 1 unspecified atom stereocenters. The van der Waals surface area contributed by atoms with Crippen LogP contribution in [0, 0.1) is 0 Å². The molecule has 2 rings (SSSR count). The average Bonchev–Trinajstić information content (AvgIpc) is 2.65. The van der Waals surface area contributed by atoms with Crippen molar-refractivity contribution in [3.05, 3.63) is 29.8 Å². The maximum absolute atomic E-state index is 10.9. The van der Waals surface area contributed by atoms with Gasteiger partial charge >= 0.3 is 0 Å². The van der Waals surface area contributed by atoms with Gasteiger partial charge < -0.3 is 10.6 Å². The fourth-order valence-corrected chi connectivity index (χ4v) is 2.13. The van der Waals surface area contributed by atoms with Gasteiger partial charge in [-0.3, -0.25) is 4.79 Å². The third-order valence-electron chi connectivity index (χ3n) is 3.04. The van der Waals surface area contributed by atoms with Gasteiger partial charge in [-0.15, -0.1) is 0 Å². The van der Waals surface area contributed by atoms with Crippen molar-refractivity contribution in [2.75, 3.05) is 11.4 Å². The number of carbonyl (C=O) groups excluding carboxylic acids is 1. The maximum Gasteiger partial charge on any atom is 0.248 e. The van der Waals surface area contributed by atoms with E-state index in [-0.39, 0.29) is 5.91 Å². The van der Waals surface area contributed by atoms with E-state index in [9.17, 15) is 4.79 Å². The van der Waals surface area contributed by atoms with Crippen LogP contribution in [0.25, 0.3) is 0 Å². The third-order valence-corrected chi connectivity index (χ3v) is 3.04. The number of benzene rings is 1. The highest BCUT2D eigenvalue weighted by molar-refractivity contribution is 5.93. The minimum atomic E-state index is -0.365. The predicted octanol–water partition coefficient (Wildman–Crippen LogP) is 1.77. The molecule has 0 aromatic heterocycles. The van der Waals surface area contributed by atoms with Crippen molar-refractivity contribution in [3.63, 3.8) is 0 Å². The molecule has 3 heteroatoms. The monoisotopic (exact) mass is 204 g/mol. The normalized spacial score (nSPS) is 20.6. The lowest BCUT2D eigenvalue weighted by Crippen LogP contribution is -2.26. The summed E-state index contributed by atoms with van der Waals surface area (Å²) >= 11 is 0. The number of primary amides is 1. The van der Waals surface area contributed by atoms with Crippen molar-refractivity contribution in [2.45, 2.75) is 25.8 Å². The van der Waals surface area contributed by atoms with Crippen LogP contribution < -0.4 is 10.6 Å². The van der Waals surface area contributed by atoms with Crippen LogP contribution in [0.5, 0.6) is 0 Å². The van der Waals surface area contributed by atoms with Crippen molar-refractivity contribution < 1.29 is 4.79 Å². The first-order chi connectivity index (χ1) is 7.18. The van der Waals surface area contributed by atoms with Gasteiger partial charge in [0.05, 0.1) is 0 Å². The SMILES string of the molecule is CC1CCCN1c1ccc(C(N)=O)cc1. The summed E-state index contributed by atoms with van der Waals surface area (Å²) in [4.78, 5) is 13.3. The molecule has 1 amide bonds. The van der Waals surface area contributed by atoms with Crippen LogP contribution >= 0.6 is 0 Å². The predicted molar refractivity (Wildman–Crippen MR) is 61.0 cm³/mol. The zero-order valence-corrected chi connectivity index (χ0v) is 8.94. The van der Waals surface area contributed by atoms with Gasteiger partial charge in [0.2, 0.25) is 5.91 Å². The highest BCUT2D eigenvalue weighted by Gasteiger charge is 2.20. The Morgan fingerprint density at radius 3 is 2.53 bits per heavy atom. The molecular formula is C12H16N2O. The largest absolute Gasteiger partial charge is 0.369 e. The number of hydrogen-bond donors (Lipinski definition) is 1. The highest BCUT2D eigenvalue weighted by Crippen LogP contribution is 2.25. The van der Waals surface area contributed by atoms with Gasteiger partial charge in [-0.25, -0.2) is 0 Å². The van der Waals surface area contributed by atoms with Crippen molar-refractivity contribution in [1.29, 1.82) is 0 Å². The van der Waals surface area contributed by atoms with Gasteiger partial charge in [0.1, 0.15) is 0 Å². The molecule has 1 saturated heterocycles. The summed E-state index contributed by atoms with van der Waals surface area (Å²) < 4.78 is 0. The number of nitrogens with two attached hydrogens (primary N) is 1. The minimum Gasteiger partial charge on any atom is -0.369 e. The van der Waals surface area contributed by atoms with Gasteiger partial charge in [0.25, 0.3) is 0 Å². The Morgan fingerprint density at radius 1 is 1.40 bits per heavy atom. The fourth-order valence-electron chi connectivity index (χ4n) is 2.13. The Morgan fingerprint density at radius 2 is 2.07 bits per heavy atom. The lowest BCUT2D eigenvalue weighted by atomic mass is 10.1. The molecule has 2 N–H and O–H groups in total. The van der Waals surface area contributed by atoms with Crippen molar-refractivity contribution >= 4 is 11.6 Å². The molecule has 0 bridgehead atoms. The molecule has 1 aromatic rings. The standard InChI is InChI=1S/C12H16N2O/c1-9-3-2-8-14(9)11-6-4-10(5-7-11)12(13)15/h4-7,9H,2-3,8H2,1H3,(H2,13,15). The van der Waals surface area contributed by atoms with Crippen LogP contribution in [0.3, 0.4) is 0 Å². The van der Waals surface area contributed by atoms with Crippen LogP contribution in [-0.2, 0) is 0 Å². The summed E-state index contributed by atoms with van der Waals surface area (Å²) in [5.41, 5.74) is 6.95. The summed E-state index contributed by atoms with van der Waals surface area (Å²) in [5.74, 6) is -0.365. The first kappa shape index (κ1) is 10.0. The molecular weight excluding hydrogens is 188 g/mol. The van der Waals surface area contributed by atoms with E-state index in [4.69, 9.17) is 5.73 Å². The van der Waals surface area contributed by atoms with E-state index in [0.717, 1.165) is 6.54 Å². The van der Waals surface area contributed by atoms with Gasteiger partial charge in [-0.1, -0.05) is 0 Å². The molecule has 1 heterocycles. The van der Waals surface area contributed by atoms with E-state index < -0.39 is 0 Å². The van der Waals surface area contributed by atoms with Crippen LogP contribution in [0.4, 0.5) is 5.69 Å². The summed E-state index contributed by atoms with van der Waals surface area (Å²) in [6.45, 7) is 3.34. The Bertz CT molecular complexity index is 358. The van der Waals surface area contributed by atoms with Crippen LogP contribution in [-0.4, -0.2) is 18.5 Å². The van der Waals surface area contributed by atoms with Gasteiger partial charge in [-0.05, 0) is 44.0 Å². The van der Waals surface area contributed by atoms with Crippen molar-refractivity contribution in [1.82, 2.24) is 0 Å². The van der Waals surface area contributed by atoms with E-state index in [0.29, 0.717) is 11.6 Å². The topological polar surface area (TPSA) is 46.3 Å². The zero-order valence-electron chi connectivity index (χ0n) is 8.94. The Hall–Kier alpha value is -1.51. The lowest BCUT2D eigenvalue weighted by molar-refractivity contribution is 0.100. The Labute approximate surface area is 89.9 Å². The third kappa shape index (κ3) is 1.96. The molecule has 0 radical (unpaired) electrons. The number of amides is 1. The Kier molecular flexibility index (Phi) is 2.62. The molecule has 1 fully saturated rings. The van der Waals surface area contributed by atoms with Crippen molar-refractivity contribution in [3.8, 4) is 0 Å². The summed E-state index contributed by atoms with van der Waals surface area (Å²) in [6, 6.07) is 8.14.